The van der Waals surface area contributed by atoms with E-state index >= 15 is 0 Å². The number of halogens is 3. The van der Waals surface area contributed by atoms with Gasteiger partial charge in [-0.25, -0.2) is 0 Å². The van der Waals surface area contributed by atoms with E-state index in [1.54, 1.807) is 6.08 Å². The third-order valence-corrected chi connectivity index (χ3v) is 4.01. The summed E-state index contributed by atoms with van der Waals surface area (Å²) in [4.78, 5) is 4.68. The molecule has 0 aliphatic rings. The summed E-state index contributed by atoms with van der Waals surface area (Å²) in [6.07, 6.45) is 1.75. The number of nitrogens with zero attached hydrogens (tertiary/aromatic N) is 1. The van der Waals surface area contributed by atoms with Gasteiger partial charge in [0.2, 0.25) is 0 Å². The van der Waals surface area contributed by atoms with Gasteiger partial charge in [-0.05, 0) is 63.8 Å². The first-order chi connectivity index (χ1) is 12.5. The molecule has 2 aromatic rings. The molecule has 0 radical (unpaired) electrons. The average molecular weight is 731 g/mol. The molecule has 0 heterocycles. The van der Waals surface area contributed by atoms with E-state index in [1.165, 1.54) is 5.56 Å². The Hall–Kier alpha value is -0.222. The molecule has 1 N–H and O–H groups in total. The van der Waals surface area contributed by atoms with E-state index < -0.39 is 11.1 Å². The molecule has 0 aliphatic carbocycles. The molecule has 0 saturated heterocycles. The van der Waals surface area contributed by atoms with Crippen molar-refractivity contribution in [1.82, 2.24) is 0 Å². The van der Waals surface area contributed by atoms with Gasteiger partial charge < -0.3 is 5.11 Å². The minimum atomic E-state index is -1.09. The van der Waals surface area contributed by atoms with Crippen molar-refractivity contribution in [3.8, 4) is 0 Å². The normalized spacial score (nSPS) is 12.1. The summed E-state index contributed by atoms with van der Waals surface area (Å²) >= 11 is 8.81. The predicted molar refractivity (Wildman–Crippen MR) is 127 cm³/mol. The molecule has 0 bridgehead atoms. The van der Waals surface area contributed by atoms with Gasteiger partial charge in [0.25, 0.3) is 0 Å². The van der Waals surface area contributed by atoms with Crippen molar-refractivity contribution in [3.05, 3.63) is 69.8 Å². The maximum atomic E-state index is 10.5. The maximum absolute atomic E-state index is 10.5. The van der Waals surface area contributed by atoms with Crippen molar-refractivity contribution in [2.24, 2.45) is 4.99 Å². The summed E-state index contributed by atoms with van der Waals surface area (Å²) in [5.74, 6) is 0.271. The number of para-hydroxylation sites is 1. The van der Waals surface area contributed by atoms with Gasteiger partial charge in [0.05, 0.1) is 5.69 Å². The van der Waals surface area contributed by atoms with Gasteiger partial charge in [-0.3, -0.25) is 4.99 Å². The topological polar surface area (TPSA) is 32.6 Å². The monoisotopic (exact) mass is 728 g/mol. The van der Waals surface area contributed by atoms with E-state index in [4.69, 9.17) is 0 Å². The van der Waals surface area contributed by atoms with Crippen molar-refractivity contribution in [2.45, 2.75) is 41.5 Å². The summed E-state index contributed by atoms with van der Waals surface area (Å²) < 4.78 is 0. The third-order valence-electron chi connectivity index (χ3n) is 4.01. The van der Waals surface area contributed by atoms with Gasteiger partial charge in [-0.15, -0.1) is 0 Å². The molecule has 6 heteroatoms. The molecule has 0 amide bonds. The fourth-order valence-corrected chi connectivity index (χ4v) is 3.04. The van der Waals surface area contributed by atoms with Crippen molar-refractivity contribution in [2.75, 3.05) is 0 Å². The standard InChI is InChI=1S/C21H25NO.3BrH.W/c1-13-10-16(4)20(17(5)11-13)19(23)12-18(6)22-21-14(2)8-7-9-15(21)3;;;;/h7-12,23H,1-6H3;3*1H;/q;;;;+3/p-3/b19-12-,22-18?;;;;. The molecule has 0 saturated carbocycles. The van der Waals surface area contributed by atoms with Crippen molar-refractivity contribution in [1.29, 1.82) is 0 Å². The van der Waals surface area contributed by atoms with E-state index in [9.17, 15) is 5.11 Å². The first-order valence-electron chi connectivity index (χ1n) is 8.36. The zero-order valence-corrected chi connectivity index (χ0v) is 24.1. The zero-order valence-electron chi connectivity index (χ0n) is 16.4. The van der Waals surface area contributed by atoms with Crippen LogP contribution >= 0.6 is 39.9 Å². The molecule has 27 heavy (non-hydrogen) atoms. The molecule has 2 aromatic carbocycles. The molecule has 147 valence electrons. The van der Waals surface area contributed by atoms with Crippen molar-refractivity contribution < 1.29 is 16.2 Å². The van der Waals surface area contributed by atoms with Crippen LogP contribution < -0.4 is 0 Å². The van der Waals surface area contributed by atoms with Crippen LogP contribution in [-0.4, -0.2) is 10.8 Å². The Morgan fingerprint density at radius 2 is 1.37 bits per heavy atom. The number of aliphatic hydroxyl groups excluding tert-OH is 1. The van der Waals surface area contributed by atoms with Gasteiger partial charge in [0.15, 0.2) is 0 Å². The van der Waals surface area contributed by atoms with Crippen LogP contribution in [0.5, 0.6) is 0 Å². The van der Waals surface area contributed by atoms with Gasteiger partial charge >= 0.3 is 51.0 Å². The molecule has 2 rings (SSSR count). The number of rotatable bonds is 3. The second-order valence-corrected chi connectivity index (χ2v) is 45.0. The number of hydrogen-bond donors (Lipinski definition) is 1. The summed E-state index contributed by atoms with van der Waals surface area (Å²) in [6.45, 7) is 12.1. The van der Waals surface area contributed by atoms with E-state index in [0.29, 0.717) is 0 Å². The molecule has 0 aromatic heterocycles. The Morgan fingerprint density at radius 1 is 0.926 bits per heavy atom. The molecule has 0 spiro atoms. The Morgan fingerprint density at radius 3 is 1.81 bits per heavy atom. The quantitative estimate of drug-likeness (QED) is 0.250. The molecular formula is C21H25Br3NOW. The first-order valence-corrected chi connectivity index (χ1v) is 27.6. The second-order valence-electron chi connectivity index (χ2n) is 6.47. The fourth-order valence-electron chi connectivity index (χ4n) is 3.04. The number of aliphatic hydroxyl groups is 1. The summed E-state index contributed by atoms with van der Waals surface area (Å²) in [6, 6.07) is 10.3. The number of allylic oxidation sites excluding steroid dienone is 1. The van der Waals surface area contributed by atoms with Gasteiger partial charge in [-0.2, -0.15) is 0 Å². The first kappa shape index (κ1) is 24.8. The van der Waals surface area contributed by atoms with Crippen LogP contribution in [-0.2, 0) is 11.1 Å². The molecule has 0 aliphatic heterocycles. The van der Waals surface area contributed by atoms with E-state index in [0.717, 1.165) is 39.2 Å². The van der Waals surface area contributed by atoms with Crippen LogP contribution in [0.4, 0.5) is 5.69 Å². The van der Waals surface area contributed by atoms with E-state index in [-0.39, 0.29) is 5.76 Å². The predicted octanol–water partition coefficient (Wildman–Crippen LogP) is 8.45. The van der Waals surface area contributed by atoms with Crippen LogP contribution in [0.15, 0.2) is 41.4 Å². The molecule has 2 nitrogen and oxygen atoms in total. The van der Waals surface area contributed by atoms with Gasteiger partial charge in [0, 0.05) is 17.4 Å². The minimum absolute atomic E-state index is 0.271. The van der Waals surface area contributed by atoms with Crippen LogP contribution in [0.3, 0.4) is 0 Å². The Labute approximate surface area is 188 Å². The average Bonchev–Trinajstić information content (AvgIpc) is 2.49. The summed E-state index contributed by atoms with van der Waals surface area (Å²) in [5.41, 5.74) is 8.31. The van der Waals surface area contributed by atoms with E-state index in [2.05, 4.69) is 89.9 Å². The molecule has 0 fully saturated rings. The molecular weight excluding hydrogens is 706 g/mol. The molecule has 0 unspecified atom stereocenters. The van der Waals surface area contributed by atoms with Crippen molar-refractivity contribution in [3.63, 3.8) is 0 Å². The van der Waals surface area contributed by atoms with Gasteiger partial charge in [0.1, 0.15) is 5.76 Å². The SMILES string of the molecule is CC(/C=C(\O)c1c(C)cc(C)cc1C)=Nc1c(C)cccc1C.[Br][W]([Br])[Br]. The van der Waals surface area contributed by atoms with E-state index in [1.807, 2.05) is 26.8 Å². The summed E-state index contributed by atoms with van der Waals surface area (Å²) in [5, 5.41) is 10.5. The van der Waals surface area contributed by atoms with Crippen molar-refractivity contribution >= 4 is 57.0 Å². The number of hydrogen-bond acceptors (Lipinski definition) is 2. The third kappa shape index (κ3) is 8.35. The summed E-state index contributed by atoms with van der Waals surface area (Å²) in [7, 11) is 0. The van der Waals surface area contributed by atoms with Crippen LogP contribution in [0, 0.1) is 34.6 Å². The van der Waals surface area contributed by atoms with Crippen LogP contribution in [0.1, 0.15) is 40.3 Å². The second kappa shape index (κ2) is 11.7. The number of benzene rings is 2. The Balaban J connectivity index is 0.000000828. The van der Waals surface area contributed by atoms with Crippen LogP contribution in [0.25, 0.3) is 5.76 Å². The number of aryl methyl sites for hydroxylation is 5. The Kier molecular flexibility index (Phi) is 10.8. The fraction of sp³-hybridized carbons (Fsp3) is 0.286. The van der Waals surface area contributed by atoms with Crippen LogP contribution in [0.2, 0.25) is 0 Å². The number of aliphatic imine (C=N–C) groups is 1. The molecule has 0 atom stereocenters. The van der Waals surface area contributed by atoms with Gasteiger partial charge in [-0.1, -0.05) is 35.9 Å². The Bertz CT molecular complexity index is 814. The zero-order chi connectivity index (χ0) is 20.7.